The molecular formula is C10H16N4OS. The van der Waals surface area contributed by atoms with Crippen LogP contribution in [0.2, 0.25) is 0 Å². The molecule has 1 amide bonds. The van der Waals surface area contributed by atoms with Crippen LogP contribution in [0, 0.1) is 19.8 Å². The van der Waals surface area contributed by atoms with Crippen LogP contribution in [0.25, 0.3) is 0 Å². The van der Waals surface area contributed by atoms with E-state index in [0.29, 0.717) is 12.1 Å². The van der Waals surface area contributed by atoms with Crippen molar-refractivity contribution in [3.63, 3.8) is 0 Å². The highest BCUT2D eigenvalue weighted by molar-refractivity contribution is 7.80. The number of aryl methyl sites for hydroxylation is 2. The average Bonchev–Trinajstić information content (AvgIpc) is 2.50. The quantitative estimate of drug-likeness (QED) is 0.692. The number of carbonyl (C=O) groups is 1. The van der Waals surface area contributed by atoms with Gasteiger partial charge in [-0.25, -0.2) is 0 Å². The van der Waals surface area contributed by atoms with Crippen molar-refractivity contribution in [2.45, 2.75) is 27.2 Å². The first-order valence-electron chi connectivity index (χ1n) is 5.09. The van der Waals surface area contributed by atoms with Gasteiger partial charge in [0.15, 0.2) is 0 Å². The van der Waals surface area contributed by atoms with Crippen LogP contribution in [0.3, 0.4) is 0 Å². The third-order valence-corrected chi connectivity index (χ3v) is 2.73. The summed E-state index contributed by atoms with van der Waals surface area (Å²) < 4.78 is 0. The largest absolute Gasteiger partial charge is 0.393 e. The van der Waals surface area contributed by atoms with Crippen molar-refractivity contribution in [3.8, 4) is 0 Å². The van der Waals surface area contributed by atoms with Crippen molar-refractivity contribution in [1.82, 2.24) is 10.2 Å². The lowest BCUT2D eigenvalue weighted by Crippen LogP contribution is -2.32. The molecule has 16 heavy (non-hydrogen) atoms. The van der Waals surface area contributed by atoms with Crippen molar-refractivity contribution in [2.24, 2.45) is 11.7 Å². The van der Waals surface area contributed by atoms with E-state index in [1.54, 1.807) is 0 Å². The van der Waals surface area contributed by atoms with Crippen molar-refractivity contribution >= 4 is 28.8 Å². The zero-order chi connectivity index (χ0) is 12.3. The first kappa shape index (κ1) is 12.6. The fraction of sp³-hybridized carbons (Fsp3) is 0.500. The molecule has 1 aromatic heterocycles. The van der Waals surface area contributed by atoms with Crippen LogP contribution >= 0.6 is 12.2 Å². The Balaban J connectivity index is 2.82. The van der Waals surface area contributed by atoms with Crippen LogP contribution in [-0.2, 0) is 4.79 Å². The molecule has 0 saturated heterocycles. The summed E-state index contributed by atoms with van der Waals surface area (Å²) in [6, 6.07) is 0. The second kappa shape index (κ2) is 5.07. The summed E-state index contributed by atoms with van der Waals surface area (Å²) in [5, 5.41) is 9.59. The summed E-state index contributed by atoms with van der Waals surface area (Å²) in [5.74, 6) is -0.605. The summed E-state index contributed by atoms with van der Waals surface area (Å²) in [5.41, 5.74) is 7.78. The minimum Gasteiger partial charge on any atom is -0.393 e. The standard InChI is InChI=1S/C10H16N4OS/c1-4-7(9(11)16)10(15)12-8-5(2)13-14-6(8)3/h7H,4H2,1-3H3,(H2,11,16)(H,12,15)(H,13,14). The number of hydrogen-bond acceptors (Lipinski definition) is 3. The normalized spacial score (nSPS) is 12.2. The van der Waals surface area contributed by atoms with E-state index in [2.05, 4.69) is 15.5 Å². The van der Waals surface area contributed by atoms with Gasteiger partial charge in [-0.1, -0.05) is 19.1 Å². The molecule has 0 spiro atoms. The summed E-state index contributed by atoms with van der Waals surface area (Å²) in [7, 11) is 0. The molecule has 0 radical (unpaired) electrons. The van der Waals surface area contributed by atoms with Gasteiger partial charge >= 0.3 is 0 Å². The number of thiocarbonyl (C=S) groups is 1. The lowest BCUT2D eigenvalue weighted by molar-refractivity contribution is -0.118. The Morgan fingerprint density at radius 3 is 2.62 bits per heavy atom. The van der Waals surface area contributed by atoms with Crippen LogP contribution in [0.1, 0.15) is 24.7 Å². The van der Waals surface area contributed by atoms with Gasteiger partial charge in [0, 0.05) is 0 Å². The highest BCUT2D eigenvalue weighted by atomic mass is 32.1. The third kappa shape index (κ3) is 2.57. The molecule has 0 fully saturated rings. The van der Waals surface area contributed by atoms with Crippen molar-refractivity contribution in [2.75, 3.05) is 5.32 Å². The van der Waals surface area contributed by atoms with E-state index in [0.717, 1.165) is 11.4 Å². The van der Waals surface area contributed by atoms with Crippen LogP contribution in [0.15, 0.2) is 0 Å². The molecule has 0 aliphatic carbocycles. The van der Waals surface area contributed by atoms with E-state index in [9.17, 15) is 4.79 Å². The Morgan fingerprint density at radius 2 is 2.25 bits per heavy atom. The minimum absolute atomic E-state index is 0.178. The molecule has 5 nitrogen and oxygen atoms in total. The molecule has 4 N–H and O–H groups in total. The van der Waals surface area contributed by atoms with Gasteiger partial charge in [0.1, 0.15) is 0 Å². The number of nitrogens with zero attached hydrogens (tertiary/aromatic N) is 1. The predicted octanol–water partition coefficient (Wildman–Crippen LogP) is 1.28. The fourth-order valence-electron chi connectivity index (χ4n) is 1.46. The number of rotatable bonds is 4. The highest BCUT2D eigenvalue weighted by Gasteiger charge is 2.21. The third-order valence-electron chi connectivity index (χ3n) is 2.44. The van der Waals surface area contributed by atoms with Gasteiger partial charge in [-0.05, 0) is 20.3 Å². The molecule has 88 valence electrons. The van der Waals surface area contributed by atoms with Gasteiger partial charge in [0.05, 0.1) is 28.0 Å². The smallest absolute Gasteiger partial charge is 0.234 e. The Labute approximate surface area is 99.8 Å². The molecule has 0 aromatic carbocycles. The molecule has 1 unspecified atom stereocenters. The number of aromatic nitrogens is 2. The van der Waals surface area contributed by atoms with Gasteiger partial charge in [-0.3, -0.25) is 9.89 Å². The molecule has 1 aromatic rings. The number of nitrogens with two attached hydrogens (primary N) is 1. The monoisotopic (exact) mass is 240 g/mol. The van der Waals surface area contributed by atoms with Crippen LogP contribution in [0.4, 0.5) is 5.69 Å². The average molecular weight is 240 g/mol. The van der Waals surface area contributed by atoms with E-state index in [1.807, 2.05) is 20.8 Å². The lowest BCUT2D eigenvalue weighted by atomic mass is 10.1. The van der Waals surface area contributed by atoms with Crippen molar-refractivity contribution in [3.05, 3.63) is 11.4 Å². The van der Waals surface area contributed by atoms with Crippen molar-refractivity contribution in [1.29, 1.82) is 0 Å². The fourth-order valence-corrected chi connectivity index (χ4v) is 1.73. The SMILES string of the molecule is CCC(C(=O)Nc1c(C)n[nH]c1C)C(N)=S. The molecular weight excluding hydrogens is 224 g/mol. The summed E-state index contributed by atoms with van der Waals surface area (Å²) in [4.78, 5) is 12.1. The van der Waals surface area contributed by atoms with Crippen molar-refractivity contribution < 1.29 is 4.79 Å². The van der Waals surface area contributed by atoms with Gasteiger partial charge < -0.3 is 11.1 Å². The Hall–Kier alpha value is -1.43. The number of aromatic amines is 1. The second-order valence-corrected chi connectivity index (χ2v) is 4.13. The van der Waals surface area contributed by atoms with E-state index in [4.69, 9.17) is 18.0 Å². The number of nitrogens with one attached hydrogen (secondary N) is 2. The summed E-state index contributed by atoms with van der Waals surface area (Å²) >= 11 is 4.85. The maximum absolute atomic E-state index is 11.9. The maximum atomic E-state index is 11.9. The molecule has 0 bridgehead atoms. The number of hydrogen-bond donors (Lipinski definition) is 3. The molecule has 1 heterocycles. The number of H-pyrrole nitrogens is 1. The second-order valence-electron chi connectivity index (χ2n) is 3.66. The van der Waals surface area contributed by atoms with Crippen LogP contribution in [0.5, 0.6) is 0 Å². The molecule has 0 aliphatic heterocycles. The highest BCUT2D eigenvalue weighted by Crippen LogP contribution is 2.17. The zero-order valence-corrected chi connectivity index (χ0v) is 10.4. The van der Waals surface area contributed by atoms with Gasteiger partial charge in [-0.2, -0.15) is 5.10 Å². The Bertz CT molecular complexity index is 393. The lowest BCUT2D eigenvalue weighted by Gasteiger charge is -2.13. The molecule has 1 atom stereocenters. The Morgan fingerprint density at radius 1 is 1.62 bits per heavy atom. The van der Waals surface area contributed by atoms with E-state index < -0.39 is 5.92 Å². The molecule has 0 saturated carbocycles. The topological polar surface area (TPSA) is 83.8 Å². The predicted molar refractivity (Wildman–Crippen MR) is 67.3 cm³/mol. The minimum atomic E-state index is -0.427. The molecule has 1 rings (SSSR count). The zero-order valence-electron chi connectivity index (χ0n) is 9.63. The van der Waals surface area contributed by atoms with Crippen LogP contribution < -0.4 is 11.1 Å². The van der Waals surface area contributed by atoms with E-state index in [-0.39, 0.29) is 10.9 Å². The van der Waals surface area contributed by atoms with Gasteiger partial charge in [0.25, 0.3) is 0 Å². The Kier molecular flexibility index (Phi) is 4.00. The van der Waals surface area contributed by atoms with Crippen LogP contribution in [-0.4, -0.2) is 21.1 Å². The summed E-state index contributed by atoms with van der Waals surface area (Å²) in [6.45, 7) is 5.54. The van der Waals surface area contributed by atoms with Gasteiger partial charge in [-0.15, -0.1) is 0 Å². The first-order valence-corrected chi connectivity index (χ1v) is 5.50. The number of carbonyl (C=O) groups excluding carboxylic acids is 1. The summed E-state index contributed by atoms with van der Waals surface area (Å²) in [6.07, 6.45) is 0.594. The van der Waals surface area contributed by atoms with E-state index in [1.165, 1.54) is 0 Å². The number of amides is 1. The molecule has 6 heteroatoms. The van der Waals surface area contributed by atoms with Gasteiger partial charge in [0.2, 0.25) is 5.91 Å². The van der Waals surface area contributed by atoms with E-state index >= 15 is 0 Å². The molecule has 0 aliphatic rings. The first-order chi connectivity index (χ1) is 7.47. The maximum Gasteiger partial charge on any atom is 0.234 e. The number of anilines is 1.